The van der Waals surface area contributed by atoms with E-state index in [-0.39, 0.29) is 10.3 Å². The second-order valence-corrected chi connectivity index (χ2v) is 23.7. The van der Waals surface area contributed by atoms with Gasteiger partial charge in [0.2, 0.25) is 0 Å². The van der Waals surface area contributed by atoms with Crippen LogP contribution in [0, 0.1) is 0 Å². The van der Waals surface area contributed by atoms with Crippen molar-refractivity contribution >= 4 is 23.7 Å². The first-order valence-corrected chi connectivity index (χ1v) is 15.9. The Bertz CT molecular complexity index is 345. The van der Waals surface area contributed by atoms with E-state index in [1.165, 1.54) is 0 Å². The van der Waals surface area contributed by atoms with Gasteiger partial charge < -0.3 is 9.16 Å². The van der Waals surface area contributed by atoms with Crippen molar-refractivity contribution in [2.45, 2.75) is 91.1 Å². The van der Waals surface area contributed by atoms with E-state index in [1.54, 1.807) is 0 Å². The molecule has 0 aliphatic carbocycles. The van der Waals surface area contributed by atoms with Crippen molar-refractivity contribution in [1.29, 1.82) is 0 Å². The minimum atomic E-state index is -1.73. The van der Waals surface area contributed by atoms with Gasteiger partial charge in [0, 0.05) is 0 Å². The second kappa shape index (κ2) is 5.43. The Morgan fingerprint density at radius 1 is 0.737 bits per heavy atom. The fourth-order valence-electron chi connectivity index (χ4n) is 2.50. The Morgan fingerprint density at radius 2 is 1.05 bits per heavy atom. The lowest BCUT2D eigenvalue weighted by Gasteiger charge is -2.62. The highest BCUT2D eigenvalue weighted by Crippen LogP contribution is 2.75. The summed E-state index contributed by atoms with van der Waals surface area (Å²) in [6.07, 6.45) is 0. The maximum atomic E-state index is 5.49. The van der Waals surface area contributed by atoms with Gasteiger partial charge in [0.1, 0.15) is 0 Å². The van der Waals surface area contributed by atoms with Crippen LogP contribution in [0.25, 0.3) is 4.75 Å². The fourth-order valence-corrected chi connectivity index (χ4v) is 16.8. The summed E-state index contributed by atoms with van der Waals surface area (Å²) >= 11 is 0. The summed E-state index contributed by atoms with van der Waals surface area (Å²) in [5.41, 5.74) is 0. The quantitative estimate of drug-likeness (QED) is 0.406. The maximum Gasteiger partial charge on any atom is 0.167 e. The molecular formula is C14H36N2PSi2-. The van der Waals surface area contributed by atoms with E-state index in [1.807, 2.05) is 0 Å². The SMILES string of the molecule is CC(C)(C)P(=N[Si](C)(C)C)([N-][Si](C)(C)C)C(C)(C)C. The van der Waals surface area contributed by atoms with E-state index >= 15 is 0 Å². The predicted octanol–water partition coefficient (Wildman–Crippen LogP) is 6.74. The fraction of sp³-hybridized carbons (Fsp3) is 1.00. The lowest BCUT2D eigenvalue weighted by atomic mass is 10.2. The van der Waals surface area contributed by atoms with Crippen LogP contribution >= 0.6 is 7.21 Å². The third-order valence-corrected chi connectivity index (χ3v) is 13.6. The number of nitrogens with zero attached hydrogens (tertiary/aromatic N) is 2. The summed E-state index contributed by atoms with van der Waals surface area (Å²) < 4.78 is 11.0. The van der Waals surface area contributed by atoms with E-state index in [0.29, 0.717) is 0 Å². The predicted molar refractivity (Wildman–Crippen MR) is 98.9 cm³/mol. The van der Waals surface area contributed by atoms with Crippen molar-refractivity contribution in [2.24, 2.45) is 4.41 Å². The Balaban J connectivity index is 6.33. The summed E-state index contributed by atoms with van der Waals surface area (Å²) in [5.74, 6) is 0. The van der Waals surface area contributed by atoms with Gasteiger partial charge in [0.25, 0.3) is 0 Å². The minimum absolute atomic E-state index is 0.159. The standard InChI is InChI=1S/C14H36N2PSi2/c1-13(2,3)17(14(4,5)6,15-18(7,8)9)16-19(10,11)12/h1-12H3/q-1. The molecule has 0 aromatic rings. The zero-order valence-corrected chi connectivity index (χ0v) is 18.2. The summed E-state index contributed by atoms with van der Waals surface area (Å²) in [6.45, 7) is 28.2. The van der Waals surface area contributed by atoms with Gasteiger partial charge >= 0.3 is 0 Å². The summed E-state index contributed by atoms with van der Waals surface area (Å²) in [4.78, 5) is 0. The first kappa shape index (κ1) is 19.6. The van der Waals surface area contributed by atoms with Gasteiger partial charge in [-0.1, -0.05) is 89.1 Å². The summed E-state index contributed by atoms with van der Waals surface area (Å²) in [5, 5.41) is 0.317. The van der Waals surface area contributed by atoms with Gasteiger partial charge in [0.15, 0.2) is 8.24 Å². The highest BCUT2D eigenvalue weighted by molar-refractivity contribution is 7.75. The smallest absolute Gasteiger partial charge is 0.167 e. The van der Waals surface area contributed by atoms with E-state index in [4.69, 9.17) is 9.16 Å². The first-order valence-electron chi connectivity index (χ1n) is 7.29. The molecule has 0 radical (unpaired) electrons. The van der Waals surface area contributed by atoms with Gasteiger partial charge in [-0.05, 0) is 10.3 Å². The molecule has 0 unspecified atom stereocenters. The van der Waals surface area contributed by atoms with Crippen molar-refractivity contribution in [3.05, 3.63) is 4.75 Å². The van der Waals surface area contributed by atoms with Crippen molar-refractivity contribution in [2.75, 3.05) is 0 Å². The molecule has 0 aliphatic heterocycles. The molecule has 0 bridgehead atoms. The maximum absolute atomic E-state index is 5.49. The Kier molecular flexibility index (Phi) is 5.61. The normalized spacial score (nSPS) is 15.6. The van der Waals surface area contributed by atoms with E-state index < -0.39 is 23.7 Å². The minimum Gasteiger partial charge on any atom is -0.623 e. The van der Waals surface area contributed by atoms with Crippen LogP contribution in [0.1, 0.15) is 41.5 Å². The van der Waals surface area contributed by atoms with E-state index in [0.717, 1.165) is 0 Å². The molecule has 0 fully saturated rings. The number of hydrogen-bond donors (Lipinski definition) is 0. The molecule has 0 aromatic heterocycles. The molecular weight excluding hydrogens is 283 g/mol. The molecule has 19 heavy (non-hydrogen) atoms. The van der Waals surface area contributed by atoms with Crippen LogP contribution in [0.5, 0.6) is 0 Å². The first-order chi connectivity index (χ1) is 7.91. The van der Waals surface area contributed by atoms with Gasteiger partial charge in [-0.2, -0.15) is 0 Å². The Morgan fingerprint density at radius 3 is 1.21 bits per heavy atom. The molecule has 2 nitrogen and oxygen atoms in total. The van der Waals surface area contributed by atoms with Crippen molar-refractivity contribution in [3.8, 4) is 0 Å². The van der Waals surface area contributed by atoms with Gasteiger partial charge in [-0.3, -0.25) is 0 Å². The molecule has 5 heteroatoms. The highest BCUT2D eigenvalue weighted by atomic mass is 31.2. The van der Waals surface area contributed by atoms with Crippen LogP contribution in [-0.4, -0.2) is 26.8 Å². The lowest BCUT2D eigenvalue weighted by Crippen LogP contribution is -2.35. The molecule has 0 spiro atoms. The van der Waals surface area contributed by atoms with Crippen LogP contribution in [0.15, 0.2) is 4.41 Å². The van der Waals surface area contributed by atoms with Crippen LogP contribution in [0.3, 0.4) is 0 Å². The highest BCUT2D eigenvalue weighted by Gasteiger charge is 2.38. The largest absolute Gasteiger partial charge is 0.623 e. The molecule has 116 valence electrons. The molecule has 0 aliphatic rings. The molecule has 0 saturated heterocycles. The third kappa shape index (κ3) is 5.49. The van der Waals surface area contributed by atoms with E-state index in [2.05, 4.69) is 80.8 Å². The van der Waals surface area contributed by atoms with Crippen LogP contribution < -0.4 is 0 Å². The second-order valence-electron chi connectivity index (χ2n) is 9.48. The molecule has 0 aromatic carbocycles. The zero-order chi connectivity index (χ0) is 15.9. The molecule has 0 saturated carbocycles. The summed E-state index contributed by atoms with van der Waals surface area (Å²) in [7, 11) is -4.75. The van der Waals surface area contributed by atoms with Crippen LogP contribution in [0.4, 0.5) is 0 Å². The van der Waals surface area contributed by atoms with Crippen LogP contribution in [0.2, 0.25) is 39.3 Å². The topological polar surface area (TPSA) is 26.5 Å². The Hall–Kier alpha value is 0.624. The van der Waals surface area contributed by atoms with Crippen molar-refractivity contribution in [3.63, 3.8) is 0 Å². The zero-order valence-electron chi connectivity index (χ0n) is 15.3. The molecule has 0 N–H and O–H groups in total. The monoisotopic (exact) mass is 319 g/mol. The van der Waals surface area contributed by atoms with Gasteiger partial charge in [-0.15, -0.1) is 7.21 Å². The average molecular weight is 320 g/mol. The summed E-state index contributed by atoms with van der Waals surface area (Å²) in [6, 6.07) is 0. The number of hydrogen-bond acceptors (Lipinski definition) is 1. The van der Waals surface area contributed by atoms with Gasteiger partial charge in [0.05, 0.1) is 0 Å². The van der Waals surface area contributed by atoms with Crippen molar-refractivity contribution < 1.29 is 0 Å². The molecule has 0 rings (SSSR count). The molecule has 0 heterocycles. The lowest BCUT2D eigenvalue weighted by molar-refractivity contribution is 0.702. The third-order valence-electron chi connectivity index (χ3n) is 2.76. The van der Waals surface area contributed by atoms with Gasteiger partial charge in [-0.25, -0.2) is 0 Å². The van der Waals surface area contributed by atoms with Crippen molar-refractivity contribution in [1.82, 2.24) is 0 Å². The molecule has 0 amide bonds. The van der Waals surface area contributed by atoms with E-state index in [9.17, 15) is 0 Å². The molecule has 0 atom stereocenters. The van der Waals surface area contributed by atoms with Crippen LogP contribution in [-0.2, 0) is 0 Å². The Labute approximate surface area is 124 Å². The average Bonchev–Trinajstić information content (AvgIpc) is 1.91. The number of rotatable bonds is 3.